The van der Waals surface area contributed by atoms with Crippen LogP contribution in [0.15, 0.2) is 60.7 Å². The highest BCUT2D eigenvalue weighted by Gasteiger charge is 2.31. The summed E-state index contributed by atoms with van der Waals surface area (Å²) in [5.41, 5.74) is 2.01. The zero-order valence-electron chi connectivity index (χ0n) is 15.0. The Labute approximate surface area is 166 Å². The van der Waals surface area contributed by atoms with Crippen LogP contribution in [0.5, 0.6) is 11.5 Å². The van der Waals surface area contributed by atoms with Crippen LogP contribution in [0.25, 0.3) is 22.5 Å². The van der Waals surface area contributed by atoms with Crippen molar-refractivity contribution >= 4 is 0 Å². The minimum Gasteiger partial charge on any atom is -0.406 e. The number of ether oxygens (including phenoxy) is 2. The van der Waals surface area contributed by atoms with Crippen LogP contribution < -0.4 is 9.47 Å². The number of benzene rings is 2. The molecule has 3 aromatic rings. The number of aliphatic hydroxyl groups is 1. The summed E-state index contributed by atoms with van der Waals surface area (Å²) in [6, 6.07) is 13.1. The average Bonchev–Trinajstić information content (AvgIpc) is 2.66. The van der Waals surface area contributed by atoms with Gasteiger partial charge >= 0.3 is 12.7 Å². The van der Waals surface area contributed by atoms with Crippen LogP contribution in [0, 0.1) is 0 Å². The van der Waals surface area contributed by atoms with Gasteiger partial charge in [-0.05, 0) is 54.6 Å². The largest absolute Gasteiger partial charge is 0.573 e. The molecule has 0 radical (unpaired) electrons. The molecule has 0 aliphatic heterocycles. The highest BCUT2D eigenvalue weighted by atomic mass is 19.4. The molecule has 1 heterocycles. The van der Waals surface area contributed by atoms with Crippen molar-refractivity contribution in [3.63, 3.8) is 0 Å². The highest BCUT2D eigenvalue weighted by Crippen LogP contribution is 2.31. The van der Waals surface area contributed by atoms with E-state index in [4.69, 9.17) is 0 Å². The molecule has 0 saturated heterocycles. The predicted molar refractivity (Wildman–Crippen MR) is 94.4 cm³/mol. The first-order valence-electron chi connectivity index (χ1n) is 8.37. The molecule has 0 bridgehead atoms. The average molecular weight is 429 g/mol. The van der Waals surface area contributed by atoms with Gasteiger partial charge in [0.2, 0.25) is 0 Å². The second-order valence-corrected chi connectivity index (χ2v) is 6.01. The van der Waals surface area contributed by atoms with Gasteiger partial charge in [-0.15, -0.1) is 26.3 Å². The minimum absolute atomic E-state index is 0.309. The van der Waals surface area contributed by atoms with E-state index < -0.39 is 24.2 Å². The zero-order valence-corrected chi connectivity index (χ0v) is 15.0. The topological polar surface area (TPSA) is 51.6 Å². The summed E-state index contributed by atoms with van der Waals surface area (Å²) in [6.45, 7) is -0.373. The number of aliphatic hydroxyl groups excluding tert-OH is 1. The SMILES string of the molecule is OCc1ccc(-c2ccc(OC(F)(F)F)cc2)nc1-c1ccc(OC(F)(F)F)cc1. The Balaban J connectivity index is 1.90. The fourth-order valence-electron chi connectivity index (χ4n) is 2.67. The third kappa shape index (κ3) is 5.63. The fourth-order valence-corrected chi connectivity index (χ4v) is 2.67. The van der Waals surface area contributed by atoms with E-state index in [0.29, 0.717) is 28.1 Å². The number of halogens is 6. The first-order chi connectivity index (χ1) is 14.0. The number of hydrogen-bond donors (Lipinski definition) is 1. The number of nitrogens with zero attached hydrogens (tertiary/aromatic N) is 1. The van der Waals surface area contributed by atoms with E-state index in [2.05, 4.69) is 14.5 Å². The minimum atomic E-state index is -4.82. The molecule has 4 nitrogen and oxygen atoms in total. The van der Waals surface area contributed by atoms with Gasteiger partial charge in [-0.2, -0.15) is 0 Å². The molecule has 0 amide bonds. The van der Waals surface area contributed by atoms with Gasteiger partial charge < -0.3 is 14.6 Å². The van der Waals surface area contributed by atoms with E-state index in [1.807, 2.05) is 0 Å². The molecule has 1 N–H and O–H groups in total. The van der Waals surface area contributed by atoms with Crippen molar-refractivity contribution in [2.75, 3.05) is 0 Å². The lowest BCUT2D eigenvalue weighted by atomic mass is 10.0. The van der Waals surface area contributed by atoms with Crippen molar-refractivity contribution in [3.05, 3.63) is 66.2 Å². The first kappa shape index (κ1) is 21.4. The second kappa shape index (κ2) is 8.23. The van der Waals surface area contributed by atoms with Gasteiger partial charge in [0.15, 0.2) is 0 Å². The molecule has 0 fully saturated rings. The Morgan fingerprint density at radius 3 is 1.57 bits per heavy atom. The lowest BCUT2D eigenvalue weighted by molar-refractivity contribution is -0.275. The molecule has 1 aromatic heterocycles. The van der Waals surface area contributed by atoms with Gasteiger partial charge in [-0.25, -0.2) is 4.98 Å². The van der Waals surface area contributed by atoms with E-state index in [-0.39, 0.29) is 6.61 Å². The maximum Gasteiger partial charge on any atom is 0.573 e. The zero-order chi connectivity index (χ0) is 21.9. The lowest BCUT2D eigenvalue weighted by Gasteiger charge is -2.12. The van der Waals surface area contributed by atoms with E-state index in [1.165, 1.54) is 24.3 Å². The molecule has 0 unspecified atom stereocenters. The van der Waals surface area contributed by atoms with Crippen molar-refractivity contribution in [2.24, 2.45) is 0 Å². The van der Waals surface area contributed by atoms with Gasteiger partial charge in [0, 0.05) is 16.7 Å². The molecule has 0 spiro atoms. The molecule has 0 atom stereocenters. The molecular formula is C20H13F6NO3. The summed E-state index contributed by atoms with van der Waals surface area (Å²) in [6.07, 6.45) is -9.63. The Kier molecular flexibility index (Phi) is 5.88. The van der Waals surface area contributed by atoms with Crippen LogP contribution in [0.4, 0.5) is 26.3 Å². The van der Waals surface area contributed by atoms with Crippen LogP contribution in [-0.4, -0.2) is 22.8 Å². The van der Waals surface area contributed by atoms with E-state index in [1.54, 1.807) is 12.1 Å². The molecule has 10 heteroatoms. The van der Waals surface area contributed by atoms with Gasteiger partial charge in [-0.3, -0.25) is 0 Å². The molecule has 30 heavy (non-hydrogen) atoms. The normalized spacial score (nSPS) is 12.0. The summed E-state index contributed by atoms with van der Waals surface area (Å²) in [7, 11) is 0. The summed E-state index contributed by atoms with van der Waals surface area (Å²) >= 11 is 0. The van der Waals surface area contributed by atoms with Crippen molar-refractivity contribution in [1.82, 2.24) is 4.98 Å². The van der Waals surface area contributed by atoms with E-state index in [9.17, 15) is 31.4 Å². The Morgan fingerprint density at radius 2 is 1.13 bits per heavy atom. The molecule has 0 aliphatic carbocycles. The maximum atomic E-state index is 12.3. The summed E-state index contributed by atoms with van der Waals surface area (Å²) in [4.78, 5) is 4.41. The third-order valence-corrected chi connectivity index (χ3v) is 3.89. The first-order valence-corrected chi connectivity index (χ1v) is 8.37. The standard InChI is InChI=1S/C20H13F6NO3/c21-19(22,23)29-15-6-1-12(2-7-15)17-10-5-14(11-28)18(27-17)13-3-8-16(9-4-13)30-20(24,25)26/h1-10,28H,11H2. The molecule has 0 aliphatic rings. The lowest BCUT2D eigenvalue weighted by Crippen LogP contribution is -2.16. The molecule has 2 aromatic carbocycles. The van der Waals surface area contributed by atoms with Crippen LogP contribution in [0.1, 0.15) is 5.56 Å². The Morgan fingerprint density at radius 1 is 0.667 bits per heavy atom. The van der Waals surface area contributed by atoms with Crippen molar-refractivity contribution in [1.29, 1.82) is 0 Å². The van der Waals surface area contributed by atoms with Crippen molar-refractivity contribution in [3.8, 4) is 34.0 Å². The maximum absolute atomic E-state index is 12.3. The number of alkyl halides is 6. The second-order valence-electron chi connectivity index (χ2n) is 6.01. The van der Waals surface area contributed by atoms with E-state index >= 15 is 0 Å². The van der Waals surface area contributed by atoms with Crippen LogP contribution in [0.3, 0.4) is 0 Å². The van der Waals surface area contributed by atoms with Crippen molar-refractivity contribution in [2.45, 2.75) is 19.3 Å². The van der Waals surface area contributed by atoms with Crippen LogP contribution in [0.2, 0.25) is 0 Å². The summed E-state index contributed by atoms with van der Waals surface area (Å²) in [5.74, 6) is -0.799. The Hall–Kier alpha value is -3.27. The van der Waals surface area contributed by atoms with Gasteiger partial charge in [0.1, 0.15) is 11.5 Å². The molecule has 0 saturated carbocycles. The summed E-state index contributed by atoms with van der Waals surface area (Å²) < 4.78 is 81.4. The highest BCUT2D eigenvalue weighted by molar-refractivity contribution is 5.69. The van der Waals surface area contributed by atoms with Gasteiger partial charge in [0.25, 0.3) is 0 Å². The van der Waals surface area contributed by atoms with Crippen LogP contribution >= 0.6 is 0 Å². The quantitative estimate of drug-likeness (QED) is 0.529. The van der Waals surface area contributed by atoms with Gasteiger partial charge in [0.05, 0.1) is 18.0 Å². The number of aromatic nitrogens is 1. The number of rotatable bonds is 5. The molecule has 158 valence electrons. The van der Waals surface area contributed by atoms with Crippen LogP contribution in [-0.2, 0) is 6.61 Å². The molecular weight excluding hydrogens is 416 g/mol. The number of pyridine rings is 1. The smallest absolute Gasteiger partial charge is 0.406 e. The molecule has 3 rings (SSSR count). The summed E-state index contributed by atoms with van der Waals surface area (Å²) in [5, 5.41) is 9.56. The number of hydrogen-bond acceptors (Lipinski definition) is 4. The predicted octanol–water partition coefficient (Wildman–Crippen LogP) is 5.71. The van der Waals surface area contributed by atoms with Crippen molar-refractivity contribution < 1.29 is 40.9 Å². The Bertz CT molecular complexity index is 999. The fraction of sp³-hybridized carbons (Fsp3) is 0.150. The monoisotopic (exact) mass is 429 g/mol. The van der Waals surface area contributed by atoms with Gasteiger partial charge in [-0.1, -0.05) is 6.07 Å². The third-order valence-electron chi connectivity index (χ3n) is 3.89. The van der Waals surface area contributed by atoms with E-state index in [0.717, 1.165) is 24.3 Å².